The summed E-state index contributed by atoms with van der Waals surface area (Å²) in [7, 11) is 0. The minimum absolute atomic E-state index is 1.06. The van der Waals surface area contributed by atoms with E-state index in [1.54, 1.807) is 0 Å². The van der Waals surface area contributed by atoms with Crippen LogP contribution in [0.5, 0.6) is 0 Å². The monoisotopic (exact) mass is 96.1 g/mol. The highest BCUT2D eigenvalue weighted by Crippen LogP contribution is 1.95. The first-order valence-corrected chi connectivity index (χ1v) is 2.44. The molecule has 0 radical (unpaired) electrons. The molecule has 1 aliphatic heterocycles. The smallest absolute Gasteiger partial charge is 0.0378 e. The molecule has 0 amide bonds. The lowest BCUT2D eigenvalue weighted by molar-refractivity contribution is 1.06. The van der Waals surface area contributed by atoms with Crippen LogP contribution in [0, 0.1) is 0 Å². The van der Waals surface area contributed by atoms with E-state index < -0.39 is 0 Å². The van der Waals surface area contributed by atoms with Crippen molar-refractivity contribution in [1.29, 1.82) is 0 Å². The zero-order chi connectivity index (χ0) is 5.11. The van der Waals surface area contributed by atoms with Crippen molar-refractivity contribution in [2.24, 2.45) is 10.2 Å². The molecule has 0 fully saturated rings. The lowest BCUT2D eigenvalue weighted by atomic mass is 10.2. The van der Waals surface area contributed by atoms with Gasteiger partial charge in [0.2, 0.25) is 0 Å². The fourth-order valence-corrected chi connectivity index (χ4v) is 0.521. The van der Waals surface area contributed by atoms with E-state index in [4.69, 9.17) is 0 Å². The molecule has 0 bridgehead atoms. The molecular weight excluding hydrogens is 88.1 g/mol. The Labute approximate surface area is 43.0 Å². The predicted octanol–water partition coefficient (Wildman–Crippen LogP) is 1.23. The molecule has 0 aromatic heterocycles. The van der Waals surface area contributed by atoms with E-state index in [9.17, 15) is 0 Å². The quantitative estimate of drug-likeness (QED) is 0.433. The van der Waals surface area contributed by atoms with Gasteiger partial charge in [-0.25, -0.2) is 0 Å². The molecule has 1 aliphatic rings. The molecule has 0 aromatic carbocycles. The fourth-order valence-electron chi connectivity index (χ4n) is 0.521. The zero-order valence-corrected chi connectivity index (χ0v) is 4.39. The van der Waals surface area contributed by atoms with Gasteiger partial charge in [0, 0.05) is 11.9 Å². The van der Waals surface area contributed by atoms with Crippen molar-refractivity contribution < 1.29 is 0 Å². The van der Waals surface area contributed by atoms with Crippen LogP contribution in [-0.4, -0.2) is 11.9 Å². The lowest BCUT2D eigenvalue weighted by Gasteiger charge is -1.96. The van der Waals surface area contributed by atoms with Crippen molar-refractivity contribution in [2.75, 3.05) is 0 Å². The summed E-state index contributed by atoms with van der Waals surface area (Å²) < 4.78 is 0. The van der Waals surface area contributed by atoms with Gasteiger partial charge in [-0.3, -0.25) is 0 Å². The van der Waals surface area contributed by atoms with Gasteiger partial charge < -0.3 is 0 Å². The van der Waals surface area contributed by atoms with Crippen LogP contribution >= 0.6 is 0 Å². The van der Waals surface area contributed by atoms with Crippen LogP contribution in [0.25, 0.3) is 0 Å². The maximum Gasteiger partial charge on any atom is 0.0378 e. The van der Waals surface area contributed by atoms with E-state index in [0.717, 1.165) is 18.6 Å². The van der Waals surface area contributed by atoms with E-state index in [1.807, 2.05) is 13.1 Å². The minimum atomic E-state index is 1.06. The summed E-state index contributed by atoms with van der Waals surface area (Å²) in [6, 6.07) is 0. The standard InChI is InChI=1S/C5H8N2/c1-5-3-2-4-6-7-5/h4H,2-3H2,1H3. The molecule has 0 spiro atoms. The topological polar surface area (TPSA) is 24.7 Å². The number of hydrogen-bond acceptors (Lipinski definition) is 2. The molecule has 38 valence electrons. The minimum Gasteiger partial charge on any atom is -0.164 e. The molecule has 7 heavy (non-hydrogen) atoms. The first-order chi connectivity index (χ1) is 3.39. The van der Waals surface area contributed by atoms with Crippen molar-refractivity contribution in [2.45, 2.75) is 19.8 Å². The van der Waals surface area contributed by atoms with Gasteiger partial charge in [-0.05, 0) is 19.8 Å². The third-order valence-electron chi connectivity index (χ3n) is 0.945. The van der Waals surface area contributed by atoms with Crippen LogP contribution in [0.15, 0.2) is 10.2 Å². The van der Waals surface area contributed by atoms with Crippen LogP contribution in [0.4, 0.5) is 0 Å². The molecule has 0 aliphatic carbocycles. The van der Waals surface area contributed by atoms with Crippen LogP contribution in [0.2, 0.25) is 0 Å². The summed E-state index contributed by atoms with van der Waals surface area (Å²) in [5.41, 5.74) is 1.14. The average Bonchev–Trinajstić information content (AvgIpc) is 1.69. The summed E-state index contributed by atoms with van der Waals surface area (Å²) in [5.74, 6) is 0. The molecule has 0 unspecified atom stereocenters. The SMILES string of the molecule is CC1=NN=CCC1. The van der Waals surface area contributed by atoms with Gasteiger partial charge in [-0.15, -0.1) is 0 Å². The van der Waals surface area contributed by atoms with Crippen molar-refractivity contribution in [3.8, 4) is 0 Å². The van der Waals surface area contributed by atoms with Crippen LogP contribution in [0.1, 0.15) is 19.8 Å². The van der Waals surface area contributed by atoms with Gasteiger partial charge in [0.05, 0.1) is 0 Å². The van der Waals surface area contributed by atoms with E-state index in [1.165, 1.54) is 0 Å². The Morgan fingerprint density at radius 3 is 2.86 bits per heavy atom. The summed E-state index contributed by atoms with van der Waals surface area (Å²) >= 11 is 0. The van der Waals surface area contributed by atoms with Crippen LogP contribution < -0.4 is 0 Å². The van der Waals surface area contributed by atoms with Gasteiger partial charge in [0.1, 0.15) is 0 Å². The van der Waals surface area contributed by atoms with Crippen molar-refractivity contribution in [3.63, 3.8) is 0 Å². The van der Waals surface area contributed by atoms with E-state index >= 15 is 0 Å². The molecule has 0 saturated heterocycles. The maximum atomic E-state index is 3.82. The Bertz CT molecular complexity index is 113. The van der Waals surface area contributed by atoms with Crippen molar-refractivity contribution >= 4 is 11.9 Å². The summed E-state index contributed by atoms with van der Waals surface area (Å²) in [6.45, 7) is 2.00. The third kappa shape index (κ3) is 1.11. The highest BCUT2D eigenvalue weighted by Gasteiger charge is 1.91. The molecule has 1 heterocycles. The second kappa shape index (κ2) is 1.87. The molecule has 0 aromatic rings. The van der Waals surface area contributed by atoms with Gasteiger partial charge in [0.15, 0.2) is 0 Å². The van der Waals surface area contributed by atoms with Gasteiger partial charge in [0.25, 0.3) is 0 Å². The Balaban J connectivity index is 2.57. The fraction of sp³-hybridized carbons (Fsp3) is 0.600. The summed E-state index contributed by atoms with van der Waals surface area (Å²) in [4.78, 5) is 0. The zero-order valence-electron chi connectivity index (χ0n) is 4.39. The average molecular weight is 96.1 g/mol. The molecule has 0 atom stereocenters. The molecular formula is C5H8N2. The highest BCUT2D eigenvalue weighted by atomic mass is 15.2. The molecule has 0 saturated carbocycles. The van der Waals surface area contributed by atoms with Crippen molar-refractivity contribution in [3.05, 3.63) is 0 Å². The number of rotatable bonds is 0. The normalized spacial score (nSPS) is 19.3. The molecule has 0 N–H and O–H groups in total. The van der Waals surface area contributed by atoms with Crippen molar-refractivity contribution in [1.82, 2.24) is 0 Å². The second-order valence-electron chi connectivity index (χ2n) is 1.67. The number of hydrogen-bond donors (Lipinski definition) is 0. The van der Waals surface area contributed by atoms with Gasteiger partial charge >= 0.3 is 0 Å². The molecule has 2 heteroatoms. The van der Waals surface area contributed by atoms with Crippen LogP contribution in [0.3, 0.4) is 0 Å². The molecule has 2 nitrogen and oxygen atoms in total. The Kier molecular flexibility index (Phi) is 1.20. The van der Waals surface area contributed by atoms with Gasteiger partial charge in [-0.1, -0.05) is 0 Å². The van der Waals surface area contributed by atoms with E-state index in [2.05, 4.69) is 10.2 Å². The third-order valence-corrected chi connectivity index (χ3v) is 0.945. The Morgan fingerprint density at radius 2 is 2.57 bits per heavy atom. The first-order valence-electron chi connectivity index (χ1n) is 2.44. The Morgan fingerprint density at radius 1 is 1.71 bits per heavy atom. The van der Waals surface area contributed by atoms with Crippen LogP contribution in [-0.2, 0) is 0 Å². The van der Waals surface area contributed by atoms with Gasteiger partial charge in [-0.2, -0.15) is 10.2 Å². The first kappa shape index (κ1) is 4.50. The largest absolute Gasteiger partial charge is 0.164 e. The maximum absolute atomic E-state index is 3.82. The highest BCUT2D eigenvalue weighted by molar-refractivity contribution is 5.85. The lowest BCUT2D eigenvalue weighted by Crippen LogP contribution is -1.94. The second-order valence-corrected chi connectivity index (χ2v) is 1.67. The molecule has 1 rings (SSSR count). The van der Waals surface area contributed by atoms with E-state index in [0.29, 0.717) is 0 Å². The predicted molar refractivity (Wildman–Crippen MR) is 30.8 cm³/mol. The summed E-state index contributed by atoms with van der Waals surface area (Å²) in [5, 5.41) is 7.54. The number of nitrogens with zero attached hydrogens (tertiary/aromatic N) is 2. The summed E-state index contributed by atoms with van der Waals surface area (Å²) in [6.07, 6.45) is 3.99. The Hall–Kier alpha value is -0.660. The van der Waals surface area contributed by atoms with E-state index in [-0.39, 0.29) is 0 Å².